The number of anilines is 1. The minimum Gasteiger partial charge on any atom is -0.486 e. The predicted molar refractivity (Wildman–Crippen MR) is 101 cm³/mol. The van der Waals surface area contributed by atoms with E-state index in [0.717, 1.165) is 10.6 Å². The van der Waals surface area contributed by atoms with Crippen LogP contribution in [0.15, 0.2) is 47.8 Å². The third kappa shape index (κ3) is 5.03. The molecule has 3 rings (SSSR count). The third-order valence-corrected chi connectivity index (χ3v) is 4.71. The number of benzene rings is 2. The first kappa shape index (κ1) is 18.4. The van der Waals surface area contributed by atoms with Gasteiger partial charge in [0.15, 0.2) is 0 Å². The van der Waals surface area contributed by atoms with Gasteiger partial charge in [-0.2, -0.15) is 0 Å². The van der Waals surface area contributed by atoms with Gasteiger partial charge in [-0.05, 0) is 48.9 Å². The monoisotopic (exact) mass is 390 g/mol. The van der Waals surface area contributed by atoms with E-state index < -0.39 is 0 Å². The van der Waals surface area contributed by atoms with Gasteiger partial charge in [0.05, 0.1) is 12.1 Å². The molecule has 0 spiro atoms. The SMILES string of the molecule is Cc1ccc(F)cc1NC(=O)Cc1csc(COc2ccc(Cl)cc2)n1. The van der Waals surface area contributed by atoms with Crippen LogP contribution in [-0.4, -0.2) is 10.9 Å². The van der Waals surface area contributed by atoms with E-state index in [-0.39, 0.29) is 18.1 Å². The zero-order chi connectivity index (χ0) is 18.5. The molecule has 0 aliphatic heterocycles. The Hall–Kier alpha value is -2.44. The molecule has 0 saturated heterocycles. The topological polar surface area (TPSA) is 51.2 Å². The lowest BCUT2D eigenvalue weighted by Crippen LogP contribution is -2.15. The number of hydrogen-bond acceptors (Lipinski definition) is 4. The summed E-state index contributed by atoms with van der Waals surface area (Å²) in [7, 11) is 0. The number of amides is 1. The summed E-state index contributed by atoms with van der Waals surface area (Å²) >= 11 is 7.26. The van der Waals surface area contributed by atoms with Crippen molar-refractivity contribution in [1.82, 2.24) is 4.98 Å². The van der Waals surface area contributed by atoms with Gasteiger partial charge in [0.2, 0.25) is 5.91 Å². The van der Waals surface area contributed by atoms with Crippen LogP contribution < -0.4 is 10.1 Å². The molecule has 1 heterocycles. The summed E-state index contributed by atoms with van der Waals surface area (Å²) in [6.45, 7) is 2.13. The van der Waals surface area contributed by atoms with Gasteiger partial charge in [-0.1, -0.05) is 17.7 Å². The number of nitrogens with zero attached hydrogens (tertiary/aromatic N) is 1. The van der Waals surface area contributed by atoms with Crippen molar-refractivity contribution >= 4 is 34.5 Å². The second-order valence-electron chi connectivity index (χ2n) is 5.66. The molecule has 1 aromatic heterocycles. The van der Waals surface area contributed by atoms with E-state index in [4.69, 9.17) is 16.3 Å². The molecule has 0 bridgehead atoms. The second kappa shape index (κ2) is 8.29. The number of nitrogens with one attached hydrogen (secondary N) is 1. The Morgan fingerprint density at radius 2 is 2.04 bits per heavy atom. The number of halogens is 2. The molecule has 0 aliphatic carbocycles. The molecule has 0 atom stereocenters. The minimum absolute atomic E-state index is 0.118. The maximum atomic E-state index is 13.3. The zero-order valence-electron chi connectivity index (χ0n) is 14.0. The molecule has 1 amide bonds. The maximum Gasteiger partial charge on any atom is 0.230 e. The number of thiazole rings is 1. The second-order valence-corrected chi connectivity index (χ2v) is 7.04. The van der Waals surface area contributed by atoms with Crippen LogP contribution in [0.1, 0.15) is 16.3 Å². The van der Waals surface area contributed by atoms with Crippen molar-refractivity contribution in [3.63, 3.8) is 0 Å². The molecule has 4 nitrogen and oxygen atoms in total. The summed E-state index contributed by atoms with van der Waals surface area (Å²) in [5.41, 5.74) is 1.92. The molecule has 2 aromatic carbocycles. The molecule has 0 aliphatic rings. The van der Waals surface area contributed by atoms with Crippen molar-refractivity contribution in [2.45, 2.75) is 20.0 Å². The Balaban J connectivity index is 1.55. The predicted octanol–water partition coefficient (Wildman–Crippen LogP) is 5.00. The normalized spacial score (nSPS) is 10.6. The van der Waals surface area contributed by atoms with Crippen LogP contribution in [0.3, 0.4) is 0 Å². The lowest BCUT2D eigenvalue weighted by molar-refractivity contribution is -0.115. The molecular weight excluding hydrogens is 375 g/mol. The Morgan fingerprint density at radius 3 is 2.81 bits per heavy atom. The molecule has 0 fully saturated rings. The van der Waals surface area contributed by atoms with Crippen LogP contribution >= 0.6 is 22.9 Å². The van der Waals surface area contributed by atoms with Crippen LogP contribution in [-0.2, 0) is 17.8 Å². The summed E-state index contributed by atoms with van der Waals surface area (Å²) < 4.78 is 18.9. The largest absolute Gasteiger partial charge is 0.486 e. The van der Waals surface area contributed by atoms with Gasteiger partial charge in [-0.15, -0.1) is 11.3 Å². The molecule has 7 heteroatoms. The summed E-state index contributed by atoms with van der Waals surface area (Å²) in [5.74, 6) is 0.0702. The standard InChI is InChI=1S/C19H16ClFN2O2S/c1-12-2-5-14(21)8-17(12)23-18(24)9-15-11-26-19(22-15)10-25-16-6-3-13(20)4-7-16/h2-8,11H,9-10H2,1H3,(H,23,24). The van der Waals surface area contributed by atoms with Crippen molar-refractivity contribution in [2.75, 3.05) is 5.32 Å². The molecular formula is C19H16ClFN2O2S. The first-order valence-electron chi connectivity index (χ1n) is 7.87. The molecule has 1 N–H and O–H groups in total. The number of aryl methyl sites for hydroxylation is 1. The van der Waals surface area contributed by atoms with Gasteiger partial charge in [0.25, 0.3) is 0 Å². The quantitative estimate of drug-likeness (QED) is 0.644. The van der Waals surface area contributed by atoms with Gasteiger partial charge < -0.3 is 10.1 Å². The number of rotatable bonds is 6. The zero-order valence-corrected chi connectivity index (χ0v) is 15.5. The average Bonchev–Trinajstić information content (AvgIpc) is 3.05. The lowest BCUT2D eigenvalue weighted by Gasteiger charge is -2.07. The fourth-order valence-corrected chi connectivity index (χ4v) is 3.09. The Morgan fingerprint density at radius 1 is 1.27 bits per heavy atom. The van der Waals surface area contributed by atoms with E-state index in [9.17, 15) is 9.18 Å². The summed E-state index contributed by atoms with van der Waals surface area (Å²) in [6.07, 6.45) is 0.118. The maximum absolute atomic E-state index is 13.3. The summed E-state index contributed by atoms with van der Waals surface area (Å²) in [6, 6.07) is 11.4. The van der Waals surface area contributed by atoms with Crippen LogP contribution in [0, 0.1) is 12.7 Å². The van der Waals surface area contributed by atoms with Gasteiger partial charge >= 0.3 is 0 Å². The Bertz CT molecular complexity index is 912. The van der Waals surface area contributed by atoms with Crippen LogP contribution in [0.5, 0.6) is 5.75 Å². The Kier molecular flexibility index (Phi) is 5.85. The fraction of sp³-hybridized carbons (Fsp3) is 0.158. The molecule has 0 saturated carbocycles. The van der Waals surface area contributed by atoms with Crippen molar-refractivity contribution in [1.29, 1.82) is 0 Å². The van der Waals surface area contributed by atoms with Gasteiger partial charge in [0.1, 0.15) is 23.2 Å². The minimum atomic E-state index is -0.388. The Labute approximate surface area is 159 Å². The number of carbonyl (C=O) groups excluding carboxylic acids is 1. The first-order valence-corrected chi connectivity index (χ1v) is 9.13. The van der Waals surface area contributed by atoms with Gasteiger partial charge in [-0.3, -0.25) is 4.79 Å². The number of ether oxygens (including phenoxy) is 1. The molecule has 134 valence electrons. The summed E-state index contributed by atoms with van der Waals surface area (Å²) in [5, 5.41) is 5.95. The number of aromatic nitrogens is 1. The first-order chi connectivity index (χ1) is 12.5. The average molecular weight is 391 g/mol. The van der Waals surface area contributed by atoms with E-state index in [1.165, 1.54) is 23.5 Å². The fourth-order valence-electron chi connectivity index (χ4n) is 2.26. The highest BCUT2D eigenvalue weighted by Gasteiger charge is 2.10. The molecule has 0 radical (unpaired) electrons. The number of carbonyl (C=O) groups is 1. The highest BCUT2D eigenvalue weighted by molar-refractivity contribution is 7.09. The van der Waals surface area contributed by atoms with E-state index in [0.29, 0.717) is 28.8 Å². The van der Waals surface area contributed by atoms with Crippen LogP contribution in [0.2, 0.25) is 5.02 Å². The van der Waals surface area contributed by atoms with E-state index >= 15 is 0 Å². The van der Waals surface area contributed by atoms with Crippen molar-refractivity contribution in [2.24, 2.45) is 0 Å². The van der Waals surface area contributed by atoms with Crippen molar-refractivity contribution in [3.05, 3.63) is 74.9 Å². The van der Waals surface area contributed by atoms with Crippen LogP contribution in [0.4, 0.5) is 10.1 Å². The van der Waals surface area contributed by atoms with Crippen molar-refractivity contribution < 1.29 is 13.9 Å². The van der Waals surface area contributed by atoms with E-state index in [1.807, 2.05) is 12.3 Å². The van der Waals surface area contributed by atoms with Crippen LogP contribution in [0.25, 0.3) is 0 Å². The lowest BCUT2D eigenvalue weighted by atomic mass is 10.2. The van der Waals surface area contributed by atoms with E-state index in [1.54, 1.807) is 30.3 Å². The van der Waals surface area contributed by atoms with Gasteiger partial charge in [-0.25, -0.2) is 9.37 Å². The van der Waals surface area contributed by atoms with Crippen molar-refractivity contribution in [3.8, 4) is 5.75 Å². The molecule has 3 aromatic rings. The smallest absolute Gasteiger partial charge is 0.230 e. The highest BCUT2D eigenvalue weighted by atomic mass is 35.5. The highest BCUT2D eigenvalue weighted by Crippen LogP contribution is 2.19. The van der Waals surface area contributed by atoms with E-state index in [2.05, 4.69) is 10.3 Å². The number of hydrogen-bond donors (Lipinski definition) is 1. The molecule has 26 heavy (non-hydrogen) atoms. The summed E-state index contributed by atoms with van der Waals surface area (Å²) in [4.78, 5) is 16.6. The third-order valence-electron chi connectivity index (χ3n) is 3.59. The van der Waals surface area contributed by atoms with Gasteiger partial charge in [0, 0.05) is 16.1 Å². The molecule has 0 unspecified atom stereocenters.